The second kappa shape index (κ2) is 10.8. The van der Waals surface area contributed by atoms with E-state index in [-0.39, 0.29) is 24.8 Å². The maximum Gasteiger partial charge on any atom is 0.407 e. The van der Waals surface area contributed by atoms with E-state index in [1.807, 2.05) is 18.2 Å². The number of nitrogens with one attached hydrogen (secondary N) is 3. The molecule has 3 amide bonds. The fourth-order valence-electron chi connectivity index (χ4n) is 3.34. The summed E-state index contributed by atoms with van der Waals surface area (Å²) in [6.45, 7) is 5.90. The van der Waals surface area contributed by atoms with Gasteiger partial charge in [0.1, 0.15) is 5.60 Å². The lowest BCUT2D eigenvalue weighted by molar-refractivity contribution is -0.122. The number of carbonyl (C=O) groups is 3. The number of para-hydroxylation sites is 1. The van der Waals surface area contributed by atoms with Gasteiger partial charge in [0.25, 0.3) is 0 Å². The predicted molar refractivity (Wildman–Crippen MR) is 112 cm³/mol. The van der Waals surface area contributed by atoms with Crippen molar-refractivity contribution in [1.29, 1.82) is 0 Å². The molecule has 3 N–H and O–H groups in total. The van der Waals surface area contributed by atoms with Crippen LogP contribution in [-0.2, 0) is 20.9 Å². The van der Waals surface area contributed by atoms with Crippen molar-refractivity contribution in [2.45, 2.75) is 71.4 Å². The molecule has 0 unspecified atom stereocenters. The molecule has 0 bridgehead atoms. The molecule has 29 heavy (non-hydrogen) atoms. The second-order valence-electron chi connectivity index (χ2n) is 8.52. The highest BCUT2D eigenvalue weighted by Gasteiger charge is 2.19. The molecule has 0 spiro atoms. The van der Waals surface area contributed by atoms with Gasteiger partial charge < -0.3 is 20.7 Å². The minimum Gasteiger partial charge on any atom is -0.444 e. The van der Waals surface area contributed by atoms with Crippen LogP contribution in [0.1, 0.15) is 64.9 Å². The number of alkyl carbamates (subject to hydrolysis) is 1. The Morgan fingerprint density at radius 2 is 1.72 bits per heavy atom. The molecule has 1 aromatic carbocycles. The molecule has 2 rings (SSSR count). The monoisotopic (exact) mass is 403 g/mol. The zero-order valence-corrected chi connectivity index (χ0v) is 17.7. The van der Waals surface area contributed by atoms with Gasteiger partial charge >= 0.3 is 6.09 Å². The SMILES string of the molecule is CC(C)(C)OC(=O)NCCC(=O)Nc1ccccc1CNC(=O)CC1CCCC1. The van der Waals surface area contributed by atoms with Crippen LogP contribution in [0.4, 0.5) is 10.5 Å². The van der Waals surface area contributed by atoms with E-state index >= 15 is 0 Å². The number of ether oxygens (including phenoxy) is 1. The molecule has 0 heterocycles. The molecule has 0 radical (unpaired) electrons. The lowest BCUT2D eigenvalue weighted by atomic mass is 10.0. The van der Waals surface area contributed by atoms with Crippen molar-refractivity contribution >= 4 is 23.6 Å². The number of benzene rings is 1. The molecule has 1 saturated carbocycles. The Balaban J connectivity index is 1.76. The van der Waals surface area contributed by atoms with Gasteiger partial charge in [0.2, 0.25) is 11.8 Å². The summed E-state index contributed by atoms with van der Waals surface area (Å²) in [7, 11) is 0. The molecule has 1 fully saturated rings. The Kier molecular flexibility index (Phi) is 8.49. The van der Waals surface area contributed by atoms with Crippen LogP contribution in [-0.4, -0.2) is 30.1 Å². The molecule has 0 saturated heterocycles. The summed E-state index contributed by atoms with van der Waals surface area (Å²) in [5.74, 6) is 0.341. The quantitative estimate of drug-likeness (QED) is 0.616. The van der Waals surface area contributed by atoms with Gasteiger partial charge in [-0.2, -0.15) is 0 Å². The third kappa shape index (κ3) is 8.98. The van der Waals surface area contributed by atoms with Crippen LogP contribution in [0, 0.1) is 5.92 Å². The van der Waals surface area contributed by atoms with Crippen molar-refractivity contribution in [3.8, 4) is 0 Å². The second-order valence-corrected chi connectivity index (χ2v) is 8.52. The molecule has 1 aliphatic carbocycles. The number of carbonyl (C=O) groups excluding carboxylic acids is 3. The normalized spacial score (nSPS) is 14.3. The average molecular weight is 404 g/mol. The number of hydrogen-bond acceptors (Lipinski definition) is 4. The van der Waals surface area contributed by atoms with E-state index < -0.39 is 11.7 Å². The summed E-state index contributed by atoms with van der Waals surface area (Å²) < 4.78 is 5.14. The van der Waals surface area contributed by atoms with Crippen LogP contribution in [0.15, 0.2) is 24.3 Å². The van der Waals surface area contributed by atoms with Crippen molar-refractivity contribution in [3.05, 3.63) is 29.8 Å². The zero-order chi connectivity index (χ0) is 21.3. The molecule has 7 nitrogen and oxygen atoms in total. The summed E-state index contributed by atoms with van der Waals surface area (Å²) in [5.41, 5.74) is 0.935. The summed E-state index contributed by atoms with van der Waals surface area (Å²) in [6, 6.07) is 7.39. The van der Waals surface area contributed by atoms with E-state index in [0.29, 0.717) is 24.6 Å². The Hall–Kier alpha value is -2.57. The van der Waals surface area contributed by atoms with Gasteiger partial charge in [0, 0.05) is 31.6 Å². The van der Waals surface area contributed by atoms with E-state index in [2.05, 4.69) is 16.0 Å². The Bertz CT molecular complexity index is 706. The van der Waals surface area contributed by atoms with E-state index in [1.165, 1.54) is 12.8 Å². The third-order valence-corrected chi connectivity index (χ3v) is 4.74. The molecule has 1 aliphatic rings. The first-order valence-electron chi connectivity index (χ1n) is 10.3. The summed E-state index contributed by atoms with van der Waals surface area (Å²) in [6.07, 6.45) is 4.86. The number of anilines is 1. The van der Waals surface area contributed by atoms with Crippen molar-refractivity contribution in [2.75, 3.05) is 11.9 Å². The van der Waals surface area contributed by atoms with Crippen LogP contribution in [0.3, 0.4) is 0 Å². The minimum absolute atomic E-state index is 0.0552. The standard InChI is InChI=1S/C22H33N3O4/c1-22(2,3)29-21(28)23-13-12-19(26)25-18-11-7-6-10-17(18)15-24-20(27)14-16-8-4-5-9-16/h6-7,10-11,16H,4-5,8-9,12-15H2,1-3H3,(H,23,28)(H,24,27)(H,25,26). The maximum atomic E-state index is 12.2. The van der Waals surface area contributed by atoms with Crippen LogP contribution in [0.25, 0.3) is 0 Å². The van der Waals surface area contributed by atoms with Gasteiger partial charge in [-0.15, -0.1) is 0 Å². The van der Waals surface area contributed by atoms with Gasteiger partial charge in [-0.25, -0.2) is 4.79 Å². The molecule has 7 heteroatoms. The molecule has 0 atom stereocenters. The fourth-order valence-corrected chi connectivity index (χ4v) is 3.34. The van der Waals surface area contributed by atoms with Gasteiger partial charge in [-0.1, -0.05) is 31.0 Å². The fraction of sp³-hybridized carbons (Fsp3) is 0.591. The number of amides is 3. The van der Waals surface area contributed by atoms with Crippen molar-refractivity contribution in [2.24, 2.45) is 5.92 Å². The zero-order valence-electron chi connectivity index (χ0n) is 17.7. The topological polar surface area (TPSA) is 96.5 Å². The van der Waals surface area contributed by atoms with E-state index in [4.69, 9.17) is 4.74 Å². The van der Waals surface area contributed by atoms with Crippen molar-refractivity contribution < 1.29 is 19.1 Å². The Morgan fingerprint density at radius 3 is 2.41 bits per heavy atom. The van der Waals surface area contributed by atoms with Gasteiger partial charge in [-0.05, 0) is 51.2 Å². The molecular formula is C22H33N3O4. The van der Waals surface area contributed by atoms with Crippen LogP contribution in [0.5, 0.6) is 0 Å². The van der Waals surface area contributed by atoms with Crippen LogP contribution in [0.2, 0.25) is 0 Å². The van der Waals surface area contributed by atoms with E-state index in [9.17, 15) is 14.4 Å². The van der Waals surface area contributed by atoms with E-state index in [1.54, 1.807) is 26.8 Å². The highest BCUT2D eigenvalue weighted by atomic mass is 16.6. The first-order valence-corrected chi connectivity index (χ1v) is 10.3. The number of rotatable bonds is 8. The highest BCUT2D eigenvalue weighted by Crippen LogP contribution is 2.27. The van der Waals surface area contributed by atoms with Crippen LogP contribution >= 0.6 is 0 Å². The molecule has 1 aromatic rings. The van der Waals surface area contributed by atoms with E-state index in [0.717, 1.165) is 18.4 Å². The first kappa shape index (κ1) is 22.7. The summed E-state index contributed by atoms with van der Waals surface area (Å²) in [4.78, 5) is 36.0. The maximum absolute atomic E-state index is 12.2. The molecule has 0 aliphatic heterocycles. The molecular weight excluding hydrogens is 370 g/mol. The Morgan fingerprint density at radius 1 is 1.03 bits per heavy atom. The average Bonchev–Trinajstić information content (AvgIpc) is 3.12. The molecule has 0 aromatic heterocycles. The third-order valence-electron chi connectivity index (χ3n) is 4.74. The van der Waals surface area contributed by atoms with Crippen LogP contribution < -0.4 is 16.0 Å². The molecule has 160 valence electrons. The predicted octanol–water partition coefficient (Wildman–Crippen LogP) is 3.74. The number of hydrogen-bond donors (Lipinski definition) is 3. The first-order chi connectivity index (χ1) is 13.7. The van der Waals surface area contributed by atoms with Gasteiger partial charge in [0.05, 0.1) is 0 Å². The minimum atomic E-state index is -0.576. The Labute approximate surface area is 173 Å². The van der Waals surface area contributed by atoms with Crippen molar-refractivity contribution in [1.82, 2.24) is 10.6 Å². The largest absolute Gasteiger partial charge is 0.444 e. The van der Waals surface area contributed by atoms with Crippen molar-refractivity contribution in [3.63, 3.8) is 0 Å². The van der Waals surface area contributed by atoms with Gasteiger partial charge in [-0.3, -0.25) is 9.59 Å². The lowest BCUT2D eigenvalue weighted by Gasteiger charge is -2.19. The summed E-state index contributed by atoms with van der Waals surface area (Å²) in [5, 5.41) is 8.37. The smallest absolute Gasteiger partial charge is 0.407 e. The summed E-state index contributed by atoms with van der Waals surface area (Å²) >= 11 is 0. The van der Waals surface area contributed by atoms with Gasteiger partial charge in [0.15, 0.2) is 0 Å². The highest BCUT2D eigenvalue weighted by molar-refractivity contribution is 5.92. The lowest BCUT2D eigenvalue weighted by Crippen LogP contribution is -2.34.